The van der Waals surface area contributed by atoms with E-state index in [1.807, 2.05) is 0 Å². The molecule has 1 heterocycles. The van der Waals surface area contributed by atoms with Crippen LogP contribution in [0.15, 0.2) is 6.07 Å². The molecule has 0 aliphatic carbocycles. The summed E-state index contributed by atoms with van der Waals surface area (Å²) >= 11 is 0. The number of hydrogen-bond acceptors (Lipinski definition) is 7. The topological polar surface area (TPSA) is 118 Å². The Morgan fingerprint density at radius 1 is 1.41 bits per heavy atom. The molecule has 0 saturated carbocycles. The van der Waals surface area contributed by atoms with Crippen molar-refractivity contribution in [1.29, 1.82) is 0 Å². The summed E-state index contributed by atoms with van der Waals surface area (Å²) in [6, 6.07) is 0.972. The summed E-state index contributed by atoms with van der Waals surface area (Å²) in [5.74, 6) is -1.98. The second-order valence-corrected chi connectivity index (χ2v) is 3.00. The second-order valence-electron chi connectivity index (χ2n) is 3.00. The number of nitrogens with one attached hydrogen (secondary N) is 1. The second kappa shape index (κ2) is 5.10. The maximum Gasteiger partial charge on any atom is 0.514 e. The maximum absolute atomic E-state index is 11.1. The number of H-pyrrole nitrogens is 1. The Labute approximate surface area is 95.7 Å². The van der Waals surface area contributed by atoms with Gasteiger partial charge < -0.3 is 24.4 Å². The normalized spacial score (nSPS) is 11.6. The van der Waals surface area contributed by atoms with Gasteiger partial charge in [0.05, 0.1) is 7.11 Å². The van der Waals surface area contributed by atoms with Crippen molar-refractivity contribution >= 4 is 12.1 Å². The van der Waals surface area contributed by atoms with Crippen LogP contribution in [0.25, 0.3) is 0 Å². The molecule has 0 radical (unpaired) electrons. The number of aromatic hydroxyl groups is 2. The Balaban J connectivity index is 2.56. The highest BCUT2D eigenvalue weighted by molar-refractivity contribution is 5.77. The SMILES string of the molecule is COC(=O)C(C)OC(=O)Oc1cc(O)[nH]c1O. The highest BCUT2D eigenvalue weighted by Crippen LogP contribution is 2.29. The van der Waals surface area contributed by atoms with Crippen molar-refractivity contribution in [1.82, 2.24) is 4.98 Å². The predicted molar refractivity (Wildman–Crippen MR) is 52.7 cm³/mol. The summed E-state index contributed by atoms with van der Waals surface area (Å²) in [4.78, 5) is 24.2. The third kappa shape index (κ3) is 3.30. The zero-order valence-corrected chi connectivity index (χ0v) is 9.09. The van der Waals surface area contributed by atoms with E-state index in [1.165, 1.54) is 6.92 Å². The van der Waals surface area contributed by atoms with Gasteiger partial charge in [0.1, 0.15) is 0 Å². The summed E-state index contributed by atoms with van der Waals surface area (Å²) in [7, 11) is 1.14. The van der Waals surface area contributed by atoms with Gasteiger partial charge in [0.15, 0.2) is 17.7 Å². The maximum atomic E-state index is 11.1. The number of carbonyl (C=O) groups is 2. The number of carbonyl (C=O) groups excluding carboxylic acids is 2. The first-order valence-corrected chi connectivity index (χ1v) is 4.51. The lowest BCUT2D eigenvalue weighted by atomic mass is 10.4. The van der Waals surface area contributed by atoms with Crippen molar-refractivity contribution in [2.45, 2.75) is 13.0 Å². The number of methoxy groups -OCH3 is 1. The van der Waals surface area contributed by atoms with Gasteiger partial charge in [-0.1, -0.05) is 0 Å². The summed E-state index contributed by atoms with van der Waals surface area (Å²) < 4.78 is 13.4. The molecule has 0 amide bonds. The lowest BCUT2D eigenvalue weighted by Gasteiger charge is -2.09. The molecule has 1 rings (SSSR count). The average Bonchev–Trinajstić information content (AvgIpc) is 2.55. The van der Waals surface area contributed by atoms with Crippen molar-refractivity contribution < 1.29 is 34.0 Å². The van der Waals surface area contributed by atoms with E-state index in [9.17, 15) is 9.59 Å². The van der Waals surface area contributed by atoms with Gasteiger partial charge in [-0.15, -0.1) is 0 Å². The van der Waals surface area contributed by atoms with Crippen molar-refractivity contribution in [2.24, 2.45) is 0 Å². The van der Waals surface area contributed by atoms with E-state index in [0.29, 0.717) is 0 Å². The lowest BCUT2D eigenvalue weighted by molar-refractivity contribution is -0.150. The Kier molecular flexibility index (Phi) is 3.81. The number of esters is 1. The Morgan fingerprint density at radius 2 is 2.06 bits per heavy atom. The van der Waals surface area contributed by atoms with Gasteiger partial charge in [0.2, 0.25) is 5.88 Å². The molecule has 0 saturated heterocycles. The zero-order chi connectivity index (χ0) is 13.0. The van der Waals surface area contributed by atoms with Gasteiger partial charge in [-0.25, -0.2) is 9.59 Å². The molecule has 1 unspecified atom stereocenters. The minimum absolute atomic E-state index is 0.315. The van der Waals surface area contributed by atoms with E-state index < -0.39 is 24.1 Å². The van der Waals surface area contributed by atoms with Crippen molar-refractivity contribution in [2.75, 3.05) is 7.11 Å². The monoisotopic (exact) mass is 245 g/mol. The average molecular weight is 245 g/mol. The number of hydrogen-bond donors (Lipinski definition) is 3. The molecule has 94 valence electrons. The summed E-state index contributed by atoms with van der Waals surface area (Å²) in [5, 5.41) is 18.1. The molecule has 17 heavy (non-hydrogen) atoms. The molecule has 0 bridgehead atoms. The predicted octanol–water partition coefficient (Wildman–Crippen LogP) is 0.503. The highest BCUT2D eigenvalue weighted by atomic mass is 16.7. The third-order valence-corrected chi connectivity index (χ3v) is 1.75. The van der Waals surface area contributed by atoms with Crippen LogP contribution in [0.1, 0.15) is 6.92 Å². The van der Waals surface area contributed by atoms with Crippen LogP contribution < -0.4 is 4.74 Å². The van der Waals surface area contributed by atoms with Crippen LogP contribution in [0.3, 0.4) is 0 Å². The summed E-state index contributed by atoms with van der Waals surface area (Å²) in [6.45, 7) is 1.29. The first kappa shape index (κ1) is 12.7. The smallest absolute Gasteiger partial charge is 0.494 e. The number of rotatable bonds is 3. The Bertz CT molecular complexity index is 425. The number of ether oxygens (including phenoxy) is 3. The third-order valence-electron chi connectivity index (χ3n) is 1.75. The largest absolute Gasteiger partial charge is 0.514 e. The zero-order valence-electron chi connectivity index (χ0n) is 9.09. The van der Waals surface area contributed by atoms with Gasteiger partial charge in [0, 0.05) is 6.07 Å². The molecule has 0 aliphatic heterocycles. The quantitative estimate of drug-likeness (QED) is 0.663. The minimum Gasteiger partial charge on any atom is -0.494 e. The van der Waals surface area contributed by atoms with Crippen LogP contribution in [-0.2, 0) is 14.3 Å². The molecule has 1 aromatic rings. The van der Waals surface area contributed by atoms with Crippen LogP contribution in [0.4, 0.5) is 4.79 Å². The Hall–Kier alpha value is -2.38. The van der Waals surface area contributed by atoms with Crippen LogP contribution >= 0.6 is 0 Å². The molecule has 1 atom stereocenters. The molecule has 0 aromatic carbocycles. The van der Waals surface area contributed by atoms with Crippen molar-refractivity contribution in [3.63, 3.8) is 0 Å². The van der Waals surface area contributed by atoms with Gasteiger partial charge >= 0.3 is 12.1 Å². The summed E-state index contributed by atoms with van der Waals surface area (Å²) in [5.41, 5.74) is 0. The van der Waals surface area contributed by atoms with Crippen LogP contribution in [0, 0.1) is 0 Å². The molecule has 8 heteroatoms. The van der Waals surface area contributed by atoms with Crippen LogP contribution in [-0.4, -0.2) is 40.5 Å². The first-order valence-electron chi connectivity index (χ1n) is 4.51. The van der Waals surface area contributed by atoms with Gasteiger partial charge in [-0.3, -0.25) is 4.98 Å². The van der Waals surface area contributed by atoms with Gasteiger partial charge in [-0.05, 0) is 6.92 Å². The molecular weight excluding hydrogens is 234 g/mol. The summed E-state index contributed by atoms with van der Waals surface area (Å²) in [6.07, 6.45) is -2.35. The minimum atomic E-state index is -1.21. The highest BCUT2D eigenvalue weighted by Gasteiger charge is 2.21. The molecule has 3 N–H and O–H groups in total. The van der Waals surface area contributed by atoms with Gasteiger partial charge in [-0.2, -0.15) is 0 Å². The molecule has 0 fully saturated rings. The van der Waals surface area contributed by atoms with Gasteiger partial charge in [0.25, 0.3) is 0 Å². The van der Waals surface area contributed by atoms with E-state index >= 15 is 0 Å². The fourth-order valence-corrected chi connectivity index (χ4v) is 0.962. The van der Waals surface area contributed by atoms with E-state index in [4.69, 9.17) is 10.2 Å². The molecule has 0 spiro atoms. The molecule has 0 aliphatic rings. The Morgan fingerprint density at radius 3 is 2.53 bits per heavy atom. The lowest BCUT2D eigenvalue weighted by Crippen LogP contribution is -2.26. The van der Waals surface area contributed by atoms with Crippen molar-refractivity contribution in [3.8, 4) is 17.5 Å². The number of aromatic amines is 1. The van der Waals surface area contributed by atoms with Crippen LogP contribution in [0.5, 0.6) is 17.5 Å². The molecule has 1 aromatic heterocycles. The van der Waals surface area contributed by atoms with Crippen LogP contribution in [0.2, 0.25) is 0 Å². The fourth-order valence-electron chi connectivity index (χ4n) is 0.962. The van der Waals surface area contributed by atoms with E-state index in [-0.39, 0.29) is 11.6 Å². The molecule has 8 nitrogen and oxygen atoms in total. The standard InChI is InChI=1S/C9H11NO7/c1-4(8(13)15-2)16-9(14)17-5-3-6(11)10-7(5)12/h3-4,10-12H,1-2H3. The van der Waals surface area contributed by atoms with E-state index in [2.05, 4.69) is 19.2 Å². The van der Waals surface area contributed by atoms with E-state index in [0.717, 1.165) is 13.2 Å². The first-order chi connectivity index (χ1) is 7.93. The van der Waals surface area contributed by atoms with E-state index in [1.54, 1.807) is 0 Å². The number of aromatic nitrogens is 1. The fraction of sp³-hybridized carbons (Fsp3) is 0.333. The van der Waals surface area contributed by atoms with Crippen molar-refractivity contribution in [3.05, 3.63) is 6.07 Å². The molecular formula is C9H11NO7.